The van der Waals surface area contributed by atoms with Gasteiger partial charge < -0.3 is 0 Å². The van der Waals surface area contributed by atoms with Gasteiger partial charge in [-0.15, -0.1) is 11.3 Å². The van der Waals surface area contributed by atoms with Crippen LogP contribution >= 0.6 is 43.2 Å². The first-order valence-electron chi connectivity index (χ1n) is 4.82. The van der Waals surface area contributed by atoms with Crippen LogP contribution in [0.1, 0.15) is 4.88 Å². The summed E-state index contributed by atoms with van der Waals surface area (Å²) < 4.78 is 28.1. The van der Waals surface area contributed by atoms with Crippen molar-refractivity contribution in [2.24, 2.45) is 0 Å². The fraction of sp³-hybridized carbons (Fsp3) is 0.100. The molecule has 0 radical (unpaired) electrons. The molecule has 8 heteroatoms. The maximum absolute atomic E-state index is 12.0. The summed E-state index contributed by atoms with van der Waals surface area (Å²) in [5, 5.41) is 0. The third-order valence-corrected chi connectivity index (χ3v) is 5.48. The van der Waals surface area contributed by atoms with Crippen molar-refractivity contribution in [3.05, 3.63) is 43.7 Å². The Labute approximate surface area is 126 Å². The van der Waals surface area contributed by atoms with Crippen molar-refractivity contribution in [2.45, 2.75) is 11.4 Å². The van der Waals surface area contributed by atoms with E-state index in [1.807, 2.05) is 12.1 Å². The molecule has 0 aliphatic heterocycles. The fourth-order valence-corrected chi connectivity index (χ4v) is 4.26. The minimum Gasteiger partial charge on any atom is -0.262 e. The predicted molar refractivity (Wildman–Crippen MR) is 78.0 cm³/mol. The molecule has 0 spiro atoms. The molecule has 0 saturated heterocycles. The van der Waals surface area contributed by atoms with E-state index >= 15 is 0 Å². The molecule has 0 atom stereocenters. The van der Waals surface area contributed by atoms with Crippen LogP contribution in [0.15, 0.2) is 43.7 Å². The predicted octanol–water partition coefficient (Wildman–Crippen LogP) is 3.15. The van der Waals surface area contributed by atoms with Crippen molar-refractivity contribution in [3.63, 3.8) is 0 Å². The van der Waals surface area contributed by atoms with Crippen molar-refractivity contribution in [1.29, 1.82) is 0 Å². The number of hydrogen-bond donors (Lipinski definition) is 1. The van der Waals surface area contributed by atoms with Crippen molar-refractivity contribution in [1.82, 2.24) is 9.71 Å². The highest BCUT2D eigenvalue weighted by molar-refractivity contribution is 9.11. The number of nitrogens with one attached hydrogen (secondary N) is 1. The van der Waals surface area contributed by atoms with Crippen LogP contribution in [0.4, 0.5) is 0 Å². The molecule has 0 amide bonds. The lowest BCUT2D eigenvalue weighted by molar-refractivity contribution is 0.581. The maximum atomic E-state index is 12.0. The Balaban J connectivity index is 2.13. The minimum absolute atomic E-state index is 0.146. The summed E-state index contributed by atoms with van der Waals surface area (Å²) in [7, 11) is -3.52. The average molecular weight is 412 g/mol. The van der Waals surface area contributed by atoms with Crippen LogP contribution in [0.5, 0.6) is 0 Å². The molecule has 0 fully saturated rings. The molecule has 2 heterocycles. The van der Waals surface area contributed by atoms with Gasteiger partial charge in [0, 0.05) is 28.3 Å². The Morgan fingerprint density at radius 3 is 2.67 bits per heavy atom. The summed E-state index contributed by atoms with van der Waals surface area (Å²) in [5.74, 6) is 0. The zero-order valence-corrected chi connectivity index (χ0v) is 13.7. The molecule has 0 bridgehead atoms. The normalized spacial score (nSPS) is 11.7. The third kappa shape index (κ3) is 3.61. The average Bonchev–Trinajstić information content (AvgIpc) is 2.73. The van der Waals surface area contributed by atoms with E-state index < -0.39 is 10.0 Å². The van der Waals surface area contributed by atoms with Crippen molar-refractivity contribution in [3.8, 4) is 0 Å². The zero-order chi connectivity index (χ0) is 13.2. The van der Waals surface area contributed by atoms with Gasteiger partial charge in [-0.05, 0) is 50.1 Å². The second-order valence-corrected chi connectivity index (χ2v) is 8.60. The number of nitrogens with zero attached hydrogens (tertiary/aromatic N) is 1. The first-order valence-corrected chi connectivity index (χ1v) is 8.70. The number of thiophene rings is 1. The van der Waals surface area contributed by atoms with Gasteiger partial charge in [0.25, 0.3) is 0 Å². The van der Waals surface area contributed by atoms with Crippen LogP contribution in [0, 0.1) is 0 Å². The Morgan fingerprint density at radius 1 is 1.28 bits per heavy atom. The summed E-state index contributed by atoms with van der Waals surface area (Å²) in [6, 6.07) is 5.27. The topological polar surface area (TPSA) is 59.1 Å². The molecule has 1 N–H and O–H groups in total. The second-order valence-electron chi connectivity index (χ2n) is 3.37. The van der Waals surface area contributed by atoms with Gasteiger partial charge in [0.1, 0.15) is 4.90 Å². The molecular formula is C10H8Br2N2O2S2. The monoisotopic (exact) mass is 410 g/mol. The Bertz CT molecular complexity index is 655. The Kier molecular flexibility index (Phi) is 4.54. The summed E-state index contributed by atoms with van der Waals surface area (Å²) in [6.45, 7) is 0.269. The number of aromatic nitrogens is 1. The number of rotatable bonds is 4. The standard InChI is InChI=1S/C10H8Br2N2O2S2/c11-7-3-9(6-13-4-7)18(15,16)14-5-8-1-2-10(12)17-8/h1-4,6,14H,5H2. The van der Waals surface area contributed by atoms with Crippen LogP contribution in [0.25, 0.3) is 0 Å². The van der Waals surface area contributed by atoms with Gasteiger partial charge in [-0.3, -0.25) is 4.98 Å². The third-order valence-electron chi connectivity index (χ3n) is 2.06. The molecule has 2 aromatic rings. The minimum atomic E-state index is -3.52. The van der Waals surface area contributed by atoms with Crippen LogP contribution in [0.3, 0.4) is 0 Å². The highest BCUT2D eigenvalue weighted by Crippen LogP contribution is 2.22. The van der Waals surface area contributed by atoms with Gasteiger partial charge in [-0.2, -0.15) is 0 Å². The van der Waals surface area contributed by atoms with Crippen LogP contribution in [0.2, 0.25) is 0 Å². The van der Waals surface area contributed by atoms with E-state index in [4.69, 9.17) is 0 Å². The van der Waals surface area contributed by atoms with Gasteiger partial charge in [0.15, 0.2) is 0 Å². The SMILES string of the molecule is O=S(=O)(NCc1ccc(Br)s1)c1cncc(Br)c1. The molecule has 2 aromatic heterocycles. The molecule has 0 aromatic carbocycles. The van der Waals surface area contributed by atoms with Crippen LogP contribution in [-0.4, -0.2) is 13.4 Å². The Morgan fingerprint density at radius 2 is 2.06 bits per heavy atom. The van der Waals surface area contributed by atoms with Crippen LogP contribution in [-0.2, 0) is 16.6 Å². The van der Waals surface area contributed by atoms with Gasteiger partial charge in [0.05, 0.1) is 3.79 Å². The van der Waals surface area contributed by atoms with E-state index in [1.165, 1.54) is 29.8 Å². The summed E-state index contributed by atoms with van der Waals surface area (Å²) in [4.78, 5) is 4.92. The molecule has 0 aliphatic carbocycles. The van der Waals surface area contributed by atoms with E-state index in [0.717, 1.165) is 8.66 Å². The van der Waals surface area contributed by atoms with Gasteiger partial charge in [0.2, 0.25) is 10.0 Å². The van der Waals surface area contributed by atoms with E-state index in [1.54, 1.807) is 0 Å². The largest absolute Gasteiger partial charge is 0.262 e. The van der Waals surface area contributed by atoms with Gasteiger partial charge in [-0.1, -0.05) is 0 Å². The molecule has 96 valence electrons. The van der Waals surface area contributed by atoms with Crippen LogP contribution < -0.4 is 4.72 Å². The van der Waals surface area contributed by atoms with Crippen molar-refractivity contribution >= 4 is 53.2 Å². The molecule has 2 rings (SSSR count). The molecule has 0 aliphatic rings. The molecule has 4 nitrogen and oxygen atoms in total. The molecule has 18 heavy (non-hydrogen) atoms. The summed E-state index contributed by atoms with van der Waals surface area (Å²) >= 11 is 8.02. The van der Waals surface area contributed by atoms with Crippen molar-refractivity contribution in [2.75, 3.05) is 0 Å². The van der Waals surface area contributed by atoms with E-state index in [-0.39, 0.29) is 11.4 Å². The highest BCUT2D eigenvalue weighted by atomic mass is 79.9. The second kappa shape index (κ2) is 5.79. The lowest BCUT2D eigenvalue weighted by Gasteiger charge is -2.05. The first kappa shape index (κ1) is 14.1. The zero-order valence-electron chi connectivity index (χ0n) is 8.93. The lowest BCUT2D eigenvalue weighted by atomic mass is 10.5. The van der Waals surface area contributed by atoms with Gasteiger partial charge >= 0.3 is 0 Å². The van der Waals surface area contributed by atoms with Gasteiger partial charge in [-0.25, -0.2) is 13.1 Å². The molecular weight excluding hydrogens is 404 g/mol. The van der Waals surface area contributed by atoms with E-state index in [9.17, 15) is 8.42 Å². The Hall–Kier alpha value is -0.280. The highest BCUT2D eigenvalue weighted by Gasteiger charge is 2.14. The summed E-state index contributed by atoms with van der Waals surface area (Å²) in [6.07, 6.45) is 2.85. The maximum Gasteiger partial charge on any atom is 0.242 e. The lowest BCUT2D eigenvalue weighted by Crippen LogP contribution is -2.22. The number of sulfonamides is 1. The van der Waals surface area contributed by atoms with Crippen molar-refractivity contribution < 1.29 is 8.42 Å². The smallest absolute Gasteiger partial charge is 0.242 e. The number of pyridine rings is 1. The first-order chi connectivity index (χ1) is 8.47. The number of hydrogen-bond acceptors (Lipinski definition) is 4. The fourth-order valence-electron chi connectivity index (χ4n) is 1.24. The molecule has 0 saturated carbocycles. The van der Waals surface area contributed by atoms with E-state index in [0.29, 0.717) is 4.47 Å². The quantitative estimate of drug-likeness (QED) is 0.840. The van der Waals surface area contributed by atoms with E-state index in [2.05, 4.69) is 41.6 Å². The summed E-state index contributed by atoms with van der Waals surface area (Å²) in [5.41, 5.74) is 0. The number of halogens is 2. The molecule has 0 unspecified atom stereocenters.